The van der Waals surface area contributed by atoms with Crippen molar-refractivity contribution in [3.05, 3.63) is 22.7 Å². The van der Waals surface area contributed by atoms with E-state index in [1.807, 2.05) is 0 Å². The first-order valence-corrected chi connectivity index (χ1v) is 9.29. The number of hydrogen-bond donors (Lipinski definition) is 1. The second kappa shape index (κ2) is 5.53. The Morgan fingerprint density at radius 1 is 1.29 bits per heavy atom. The van der Waals surface area contributed by atoms with Crippen LogP contribution in [0.25, 0.3) is 0 Å². The molecule has 1 aromatic carbocycles. The summed E-state index contributed by atoms with van der Waals surface area (Å²) in [5.74, 6) is 0.623. The molecular weight excluding hydrogens is 356 g/mol. The molecule has 21 heavy (non-hydrogen) atoms. The van der Waals surface area contributed by atoms with Crippen LogP contribution >= 0.6 is 15.9 Å². The van der Waals surface area contributed by atoms with Crippen molar-refractivity contribution in [3.63, 3.8) is 0 Å². The van der Waals surface area contributed by atoms with Crippen LogP contribution in [0, 0.1) is 0 Å². The maximum Gasteiger partial charge on any atom is 0.243 e. The molecule has 2 atom stereocenters. The van der Waals surface area contributed by atoms with Gasteiger partial charge in [-0.3, -0.25) is 0 Å². The van der Waals surface area contributed by atoms with Gasteiger partial charge in [-0.15, -0.1) is 0 Å². The second-order valence-corrected chi connectivity index (χ2v) is 8.45. The summed E-state index contributed by atoms with van der Waals surface area (Å²) in [6.07, 6.45) is 3.34. The van der Waals surface area contributed by atoms with Gasteiger partial charge in [0.15, 0.2) is 0 Å². The number of piperidine rings is 1. The Morgan fingerprint density at radius 2 is 1.90 bits per heavy atom. The summed E-state index contributed by atoms with van der Waals surface area (Å²) in [7, 11) is -1.92. The smallest absolute Gasteiger partial charge is 0.243 e. The highest BCUT2D eigenvalue weighted by molar-refractivity contribution is 9.10. The summed E-state index contributed by atoms with van der Waals surface area (Å²) in [6, 6.07) is 5.11. The van der Waals surface area contributed by atoms with Crippen LogP contribution in [0.3, 0.4) is 0 Å². The first kappa shape index (κ1) is 15.3. The minimum absolute atomic E-state index is 0.0460. The van der Waals surface area contributed by atoms with Crippen LogP contribution in [0.4, 0.5) is 0 Å². The Balaban J connectivity index is 1.96. The van der Waals surface area contributed by atoms with E-state index in [4.69, 9.17) is 10.5 Å². The number of nitrogens with two attached hydrogens (primary N) is 1. The Bertz CT molecular complexity index is 636. The van der Waals surface area contributed by atoms with Gasteiger partial charge in [0.25, 0.3) is 0 Å². The molecule has 116 valence electrons. The lowest BCUT2D eigenvalue weighted by Gasteiger charge is -2.36. The fourth-order valence-corrected chi connectivity index (χ4v) is 6.11. The molecule has 2 aliphatic heterocycles. The van der Waals surface area contributed by atoms with Crippen LogP contribution in [0.1, 0.15) is 25.7 Å². The average molecular weight is 375 g/mol. The van der Waals surface area contributed by atoms with Crippen molar-refractivity contribution in [1.29, 1.82) is 0 Å². The van der Waals surface area contributed by atoms with Crippen molar-refractivity contribution >= 4 is 26.0 Å². The fourth-order valence-electron chi connectivity index (χ4n) is 3.50. The molecule has 2 aliphatic rings. The molecule has 2 heterocycles. The molecule has 3 rings (SSSR count). The van der Waals surface area contributed by atoms with Crippen molar-refractivity contribution in [1.82, 2.24) is 4.31 Å². The zero-order valence-corrected chi connectivity index (χ0v) is 14.2. The van der Waals surface area contributed by atoms with Gasteiger partial charge < -0.3 is 10.5 Å². The highest BCUT2D eigenvalue weighted by Gasteiger charge is 2.46. The Labute approximate surface area is 133 Å². The minimum atomic E-state index is -3.48. The van der Waals surface area contributed by atoms with E-state index >= 15 is 0 Å². The molecular formula is C14H19BrN2O3S. The predicted octanol–water partition coefficient (Wildman–Crippen LogP) is 2.10. The van der Waals surface area contributed by atoms with Crippen LogP contribution in [-0.4, -0.2) is 38.0 Å². The normalized spacial score (nSPS) is 29.6. The van der Waals surface area contributed by atoms with Gasteiger partial charge in [0, 0.05) is 18.1 Å². The van der Waals surface area contributed by atoms with Crippen LogP contribution < -0.4 is 10.5 Å². The number of fused-ring (bicyclic) bond motifs is 2. The lowest BCUT2D eigenvalue weighted by Crippen LogP contribution is -2.49. The highest BCUT2D eigenvalue weighted by Crippen LogP contribution is 2.40. The number of methoxy groups -OCH3 is 1. The van der Waals surface area contributed by atoms with Crippen molar-refractivity contribution in [2.24, 2.45) is 5.73 Å². The van der Waals surface area contributed by atoms with E-state index in [9.17, 15) is 8.42 Å². The third-order valence-corrected chi connectivity index (χ3v) is 7.02. The molecule has 2 unspecified atom stereocenters. The van der Waals surface area contributed by atoms with Gasteiger partial charge in [0.05, 0.1) is 16.5 Å². The molecule has 5 nitrogen and oxygen atoms in total. The lowest BCUT2D eigenvalue weighted by atomic mass is 10.0. The number of nitrogens with zero attached hydrogens (tertiary/aromatic N) is 1. The molecule has 1 aromatic rings. The maximum absolute atomic E-state index is 12.9. The van der Waals surface area contributed by atoms with E-state index in [2.05, 4.69) is 15.9 Å². The molecule has 0 saturated carbocycles. The lowest BCUT2D eigenvalue weighted by molar-refractivity contribution is 0.227. The monoisotopic (exact) mass is 374 g/mol. The van der Waals surface area contributed by atoms with Crippen molar-refractivity contribution in [2.75, 3.05) is 7.11 Å². The van der Waals surface area contributed by atoms with Gasteiger partial charge >= 0.3 is 0 Å². The van der Waals surface area contributed by atoms with E-state index in [1.165, 1.54) is 0 Å². The molecule has 0 amide bonds. The molecule has 0 radical (unpaired) electrons. The van der Waals surface area contributed by atoms with Gasteiger partial charge in [-0.1, -0.05) is 0 Å². The van der Waals surface area contributed by atoms with E-state index in [0.717, 1.165) is 25.7 Å². The van der Waals surface area contributed by atoms with E-state index in [0.29, 0.717) is 15.1 Å². The molecule has 2 fully saturated rings. The first-order chi connectivity index (χ1) is 9.93. The van der Waals surface area contributed by atoms with Crippen LogP contribution in [0.15, 0.2) is 27.6 Å². The Kier molecular flexibility index (Phi) is 4.02. The van der Waals surface area contributed by atoms with Gasteiger partial charge in [-0.25, -0.2) is 8.42 Å². The van der Waals surface area contributed by atoms with E-state index in [-0.39, 0.29) is 18.1 Å². The number of sulfonamides is 1. The SMILES string of the molecule is COc1ccc(S(=O)(=O)N2C3CCC2CC(N)C3)cc1Br. The second-order valence-electron chi connectivity index (χ2n) is 5.75. The largest absolute Gasteiger partial charge is 0.496 e. The molecule has 2 bridgehead atoms. The zero-order valence-electron chi connectivity index (χ0n) is 11.8. The van der Waals surface area contributed by atoms with E-state index in [1.54, 1.807) is 29.6 Å². The van der Waals surface area contributed by atoms with Gasteiger partial charge in [-0.05, 0) is 59.8 Å². The van der Waals surface area contributed by atoms with Crippen LogP contribution in [0.5, 0.6) is 5.75 Å². The third kappa shape index (κ3) is 2.60. The van der Waals surface area contributed by atoms with Crippen molar-refractivity contribution in [3.8, 4) is 5.75 Å². The zero-order chi connectivity index (χ0) is 15.2. The summed E-state index contributed by atoms with van der Waals surface area (Å²) in [4.78, 5) is 0.308. The van der Waals surface area contributed by atoms with Gasteiger partial charge in [-0.2, -0.15) is 4.31 Å². The fraction of sp³-hybridized carbons (Fsp3) is 0.571. The first-order valence-electron chi connectivity index (χ1n) is 7.06. The van der Waals surface area contributed by atoms with E-state index < -0.39 is 10.0 Å². The molecule has 2 saturated heterocycles. The summed E-state index contributed by atoms with van der Waals surface area (Å²) in [6.45, 7) is 0. The number of hydrogen-bond acceptors (Lipinski definition) is 4. The summed E-state index contributed by atoms with van der Waals surface area (Å²) in [5.41, 5.74) is 6.02. The van der Waals surface area contributed by atoms with Gasteiger partial charge in [0.2, 0.25) is 10.0 Å². The Hall–Kier alpha value is -0.630. The predicted molar refractivity (Wildman–Crippen MR) is 83.7 cm³/mol. The van der Waals surface area contributed by atoms with Crippen LogP contribution in [0.2, 0.25) is 0 Å². The third-order valence-electron chi connectivity index (χ3n) is 4.40. The number of halogens is 1. The number of rotatable bonds is 3. The summed E-state index contributed by atoms with van der Waals surface area (Å²) < 4.78 is 33.3. The molecule has 0 spiro atoms. The molecule has 7 heteroatoms. The standard InChI is InChI=1S/C14H19BrN2O3S/c1-20-14-5-4-12(8-13(14)15)21(18,19)17-10-2-3-11(17)7-9(16)6-10/h4-5,8-11H,2-3,6-7,16H2,1H3. The summed E-state index contributed by atoms with van der Waals surface area (Å²) in [5, 5.41) is 0. The summed E-state index contributed by atoms with van der Waals surface area (Å²) >= 11 is 3.35. The minimum Gasteiger partial charge on any atom is -0.496 e. The number of ether oxygens (including phenoxy) is 1. The molecule has 0 aliphatic carbocycles. The van der Waals surface area contributed by atoms with Gasteiger partial charge in [0.1, 0.15) is 5.75 Å². The quantitative estimate of drug-likeness (QED) is 0.878. The van der Waals surface area contributed by atoms with Crippen molar-refractivity contribution in [2.45, 2.75) is 48.7 Å². The topological polar surface area (TPSA) is 72.6 Å². The van der Waals surface area contributed by atoms with Crippen molar-refractivity contribution < 1.29 is 13.2 Å². The number of benzene rings is 1. The molecule has 0 aromatic heterocycles. The highest BCUT2D eigenvalue weighted by atomic mass is 79.9. The maximum atomic E-state index is 12.9. The van der Waals surface area contributed by atoms with Crippen LogP contribution in [-0.2, 0) is 10.0 Å². The molecule has 2 N–H and O–H groups in total. The Morgan fingerprint density at radius 3 is 2.43 bits per heavy atom. The average Bonchev–Trinajstić information content (AvgIpc) is 2.72.